The molecule has 144 valence electrons. The third-order valence-electron chi connectivity index (χ3n) is 4.32. The van der Waals surface area contributed by atoms with Crippen LogP contribution in [0.4, 0.5) is 4.39 Å². The number of nitrogens with zero attached hydrogens (tertiary/aromatic N) is 2. The molecule has 0 saturated carbocycles. The van der Waals surface area contributed by atoms with E-state index in [2.05, 4.69) is 6.58 Å². The molecule has 0 saturated heterocycles. The van der Waals surface area contributed by atoms with Gasteiger partial charge in [0.05, 0.1) is 16.6 Å². The third kappa shape index (κ3) is 4.83. The van der Waals surface area contributed by atoms with E-state index in [9.17, 15) is 9.18 Å². The molecule has 6 heteroatoms. The number of carbonyl (C=O) groups excluding carboxylic acids is 1. The molecule has 1 heterocycles. The molecule has 0 spiro atoms. The van der Waals surface area contributed by atoms with Crippen molar-refractivity contribution in [1.29, 1.82) is 0 Å². The second-order valence-corrected chi connectivity index (χ2v) is 7.17. The van der Waals surface area contributed by atoms with Gasteiger partial charge in [0, 0.05) is 30.5 Å². The summed E-state index contributed by atoms with van der Waals surface area (Å²) >= 11 is 12.0. The van der Waals surface area contributed by atoms with E-state index in [0.717, 1.165) is 11.3 Å². The first-order valence-corrected chi connectivity index (χ1v) is 9.47. The van der Waals surface area contributed by atoms with Gasteiger partial charge < -0.3 is 9.47 Å². The summed E-state index contributed by atoms with van der Waals surface area (Å²) in [5, 5.41) is 0.734. The Hall–Kier alpha value is -2.56. The SMILES string of the molecule is C=CCN(Cc1cccn1Cc1cccc(F)c1)C(=O)c1ccc(Cl)c(Cl)c1. The first-order valence-electron chi connectivity index (χ1n) is 8.71. The molecular weight excluding hydrogens is 398 g/mol. The minimum absolute atomic E-state index is 0.169. The van der Waals surface area contributed by atoms with Crippen LogP contribution < -0.4 is 0 Å². The fraction of sp³-hybridized carbons (Fsp3) is 0.136. The molecule has 0 N–H and O–H groups in total. The zero-order valence-electron chi connectivity index (χ0n) is 15.1. The van der Waals surface area contributed by atoms with Gasteiger partial charge in [0.1, 0.15) is 5.82 Å². The number of benzene rings is 2. The molecule has 3 aromatic rings. The molecule has 0 aliphatic carbocycles. The molecule has 0 atom stereocenters. The summed E-state index contributed by atoms with van der Waals surface area (Å²) in [5.74, 6) is -0.439. The zero-order valence-corrected chi connectivity index (χ0v) is 16.6. The molecule has 1 aromatic heterocycles. The minimum atomic E-state index is -0.269. The normalized spacial score (nSPS) is 10.7. The molecule has 3 rings (SSSR count). The molecular formula is C22H19Cl2FN2O. The van der Waals surface area contributed by atoms with Crippen molar-refractivity contribution in [1.82, 2.24) is 9.47 Å². The summed E-state index contributed by atoms with van der Waals surface area (Å²) in [4.78, 5) is 14.6. The van der Waals surface area contributed by atoms with Crippen molar-refractivity contribution in [2.75, 3.05) is 6.54 Å². The zero-order chi connectivity index (χ0) is 20.1. The molecule has 0 aliphatic rings. The van der Waals surface area contributed by atoms with Crippen LogP contribution in [0.2, 0.25) is 10.0 Å². The average molecular weight is 417 g/mol. The summed E-state index contributed by atoms with van der Waals surface area (Å²) in [6.45, 7) is 5.03. The van der Waals surface area contributed by atoms with Crippen molar-refractivity contribution >= 4 is 29.1 Å². The van der Waals surface area contributed by atoms with Crippen molar-refractivity contribution in [2.24, 2.45) is 0 Å². The van der Waals surface area contributed by atoms with Crippen LogP contribution >= 0.6 is 23.2 Å². The van der Waals surface area contributed by atoms with Crippen LogP contribution in [0.3, 0.4) is 0 Å². The van der Waals surface area contributed by atoms with Crippen LogP contribution in [-0.4, -0.2) is 21.9 Å². The van der Waals surface area contributed by atoms with Crippen LogP contribution in [0.5, 0.6) is 0 Å². The van der Waals surface area contributed by atoms with Gasteiger partial charge in [0.15, 0.2) is 0 Å². The second kappa shape index (κ2) is 9.09. The predicted molar refractivity (Wildman–Crippen MR) is 111 cm³/mol. The summed E-state index contributed by atoms with van der Waals surface area (Å²) in [6, 6.07) is 15.2. The summed E-state index contributed by atoms with van der Waals surface area (Å²) in [7, 11) is 0. The quantitative estimate of drug-likeness (QED) is 0.446. The maximum Gasteiger partial charge on any atom is 0.254 e. The Morgan fingerprint density at radius 3 is 2.64 bits per heavy atom. The number of aromatic nitrogens is 1. The molecule has 2 aromatic carbocycles. The maximum absolute atomic E-state index is 13.5. The Labute approximate surface area is 173 Å². The third-order valence-corrected chi connectivity index (χ3v) is 5.06. The number of amides is 1. The topological polar surface area (TPSA) is 25.2 Å². The van der Waals surface area contributed by atoms with E-state index in [0.29, 0.717) is 35.2 Å². The highest BCUT2D eigenvalue weighted by atomic mass is 35.5. The van der Waals surface area contributed by atoms with Crippen molar-refractivity contribution in [2.45, 2.75) is 13.1 Å². The van der Waals surface area contributed by atoms with E-state index < -0.39 is 0 Å². The first-order chi connectivity index (χ1) is 13.5. The Morgan fingerprint density at radius 2 is 1.93 bits per heavy atom. The molecule has 3 nitrogen and oxygen atoms in total. The van der Waals surface area contributed by atoms with E-state index in [4.69, 9.17) is 23.2 Å². The summed E-state index contributed by atoms with van der Waals surface area (Å²) in [5.41, 5.74) is 2.24. The van der Waals surface area contributed by atoms with Crippen molar-refractivity contribution in [3.63, 3.8) is 0 Å². The van der Waals surface area contributed by atoms with Crippen LogP contribution in [0, 0.1) is 5.82 Å². The predicted octanol–water partition coefficient (Wildman–Crippen LogP) is 5.81. The Bertz CT molecular complexity index is 1000. The van der Waals surface area contributed by atoms with Gasteiger partial charge in [-0.2, -0.15) is 0 Å². The molecule has 0 fully saturated rings. The Kier molecular flexibility index (Phi) is 6.55. The van der Waals surface area contributed by atoms with Gasteiger partial charge in [0.2, 0.25) is 0 Å². The molecule has 0 aliphatic heterocycles. The molecule has 1 amide bonds. The van der Waals surface area contributed by atoms with Crippen LogP contribution in [0.25, 0.3) is 0 Å². The van der Waals surface area contributed by atoms with E-state index in [1.54, 1.807) is 35.2 Å². The van der Waals surface area contributed by atoms with Gasteiger partial charge >= 0.3 is 0 Å². The Balaban J connectivity index is 1.81. The van der Waals surface area contributed by atoms with Gasteiger partial charge in [0.25, 0.3) is 5.91 Å². The van der Waals surface area contributed by atoms with Crippen molar-refractivity contribution < 1.29 is 9.18 Å². The average Bonchev–Trinajstić information content (AvgIpc) is 3.10. The highest BCUT2D eigenvalue weighted by Gasteiger charge is 2.17. The molecule has 0 bridgehead atoms. The summed E-state index contributed by atoms with van der Waals surface area (Å²) < 4.78 is 15.5. The fourth-order valence-corrected chi connectivity index (χ4v) is 3.26. The van der Waals surface area contributed by atoms with Crippen LogP contribution in [0.15, 0.2) is 73.4 Å². The lowest BCUT2D eigenvalue weighted by atomic mass is 10.2. The van der Waals surface area contributed by atoms with Gasteiger partial charge in [-0.05, 0) is 48.0 Å². The van der Waals surface area contributed by atoms with Crippen LogP contribution in [0.1, 0.15) is 21.6 Å². The van der Waals surface area contributed by atoms with Crippen molar-refractivity contribution in [3.05, 3.63) is 106 Å². The van der Waals surface area contributed by atoms with E-state index in [1.807, 2.05) is 29.0 Å². The van der Waals surface area contributed by atoms with Gasteiger partial charge in [-0.3, -0.25) is 4.79 Å². The second-order valence-electron chi connectivity index (χ2n) is 6.36. The fourth-order valence-electron chi connectivity index (χ4n) is 2.96. The number of halogens is 3. The lowest BCUT2D eigenvalue weighted by Crippen LogP contribution is -2.31. The number of rotatable bonds is 7. The maximum atomic E-state index is 13.5. The lowest BCUT2D eigenvalue weighted by molar-refractivity contribution is 0.0759. The minimum Gasteiger partial charge on any atom is -0.345 e. The summed E-state index contributed by atoms with van der Waals surface area (Å²) in [6.07, 6.45) is 3.59. The standard InChI is InChI=1S/C22H19Cl2FN2O/c1-2-10-27(22(28)17-8-9-20(23)21(24)13-17)15-19-7-4-11-26(19)14-16-5-3-6-18(25)12-16/h2-9,11-13H,1,10,14-15H2. The van der Waals surface area contributed by atoms with Crippen molar-refractivity contribution in [3.8, 4) is 0 Å². The number of carbonyl (C=O) groups is 1. The first kappa shape index (κ1) is 20.2. The highest BCUT2D eigenvalue weighted by molar-refractivity contribution is 6.42. The lowest BCUT2D eigenvalue weighted by Gasteiger charge is -2.22. The Morgan fingerprint density at radius 1 is 1.11 bits per heavy atom. The largest absolute Gasteiger partial charge is 0.345 e. The number of hydrogen-bond donors (Lipinski definition) is 0. The smallest absolute Gasteiger partial charge is 0.254 e. The molecule has 0 radical (unpaired) electrons. The van der Waals surface area contributed by atoms with Crippen LogP contribution in [-0.2, 0) is 13.1 Å². The molecule has 0 unspecified atom stereocenters. The van der Waals surface area contributed by atoms with E-state index >= 15 is 0 Å². The molecule has 28 heavy (non-hydrogen) atoms. The number of hydrogen-bond acceptors (Lipinski definition) is 1. The van der Waals surface area contributed by atoms with Gasteiger partial charge in [-0.1, -0.05) is 41.4 Å². The monoisotopic (exact) mass is 416 g/mol. The van der Waals surface area contributed by atoms with Gasteiger partial charge in [-0.15, -0.1) is 6.58 Å². The van der Waals surface area contributed by atoms with E-state index in [-0.39, 0.29) is 11.7 Å². The van der Waals surface area contributed by atoms with Gasteiger partial charge in [-0.25, -0.2) is 4.39 Å². The van der Waals surface area contributed by atoms with E-state index in [1.165, 1.54) is 12.1 Å². The highest BCUT2D eigenvalue weighted by Crippen LogP contribution is 2.24.